The maximum atomic E-state index is 12.8. The van der Waals surface area contributed by atoms with E-state index < -0.39 is 0 Å². The van der Waals surface area contributed by atoms with Crippen LogP contribution < -0.4 is 10.2 Å². The Balaban J connectivity index is 1.28. The molecule has 7 nitrogen and oxygen atoms in total. The first-order chi connectivity index (χ1) is 17.0. The molecule has 3 heterocycles. The summed E-state index contributed by atoms with van der Waals surface area (Å²) in [5.41, 5.74) is 6.27. The van der Waals surface area contributed by atoms with Crippen molar-refractivity contribution in [2.45, 2.75) is 46.6 Å². The molecule has 0 spiro atoms. The van der Waals surface area contributed by atoms with Crippen LogP contribution in [0.25, 0.3) is 16.6 Å². The maximum absolute atomic E-state index is 12.8. The van der Waals surface area contributed by atoms with Gasteiger partial charge in [0.1, 0.15) is 5.52 Å². The minimum atomic E-state index is 0.0127. The number of nitrogens with one attached hydrogen (secondary N) is 1. The lowest BCUT2D eigenvalue weighted by molar-refractivity contribution is -0.125. The summed E-state index contributed by atoms with van der Waals surface area (Å²) >= 11 is 0. The van der Waals surface area contributed by atoms with E-state index in [9.17, 15) is 4.79 Å². The third kappa shape index (κ3) is 4.63. The van der Waals surface area contributed by atoms with E-state index in [2.05, 4.69) is 70.7 Å². The van der Waals surface area contributed by atoms with Crippen molar-refractivity contribution in [2.75, 3.05) is 18.0 Å². The molecule has 1 aliphatic heterocycles. The normalized spacial score (nSPS) is 14.4. The zero-order valence-electron chi connectivity index (χ0n) is 20.7. The van der Waals surface area contributed by atoms with Gasteiger partial charge in [0, 0.05) is 25.6 Å². The van der Waals surface area contributed by atoms with Gasteiger partial charge in [0.2, 0.25) is 5.91 Å². The molecule has 35 heavy (non-hydrogen) atoms. The number of piperidine rings is 1. The average Bonchev–Trinajstić information content (AvgIpc) is 3.26. The van der Waals surface area contributed by atoms with Crippen LogP contribution in [0.1, 0.15) is 42.3 Å². The van der Waals surface area contributed by atoms with Gasteiger partial charge in [-0.2, -0.15) is 10.2 Å². The predicted octanol–water partition coefficient (Wildman–Crippen LogP) is 4.53. The van der Waals surface area contributed by atoms with Gasteiger partial charge >= 0.3 is 0 Å². The minimum absolute atomic E-state index is 0.0127. The largest absolute Gasteiger partial charge is 0.353 e. The van der Waals surface area contributed by atoms with Crippen LogP contribution in [0, 0.1) is 19.8 Å². The fraction of sp³-hybridized carbons (Fsp3) is 0.357. The summed E-state index contributed by atoms with van der Waals surface area (Å²) in [5.74, 6) is 0.950. The number of fused-ring (bicyclic) bond motifs is 1. The van der Waals surface area contributed by atoms with Crippen molar-refractivity contribution in [1.82, 2.24) is 25.3 Å². The van der Waals surface area contributed by atoms with Crippen LogP contribution in [0.3, 0.4) is 0 Å². The third-order valence-corrected chi connectivity index (χ3v) is 7.05. The number of para-hydroxylation sites is 1. The summed E-state index contributed by atoms with van der Waals surface area (Å²) in [6, 6.07) is 18.6. The molecule has 0 radical (unpaired) electrons. The molecule has 1 fully saturated rings. The van der Waals surface area contributed by atoms with Crippen LogP contribution >= 0.6 is 0 Å². The van der Waals surface area contributed by atoms with Gasteiger partial charge in [-0.3, -0.25) is 4.79 Å². The highest BCUT2D eigenvalue weighted by atomic mass is 16.1. The highest BCUT2D eigenvalue weighted by Gasteiger charge is 2.28. The van der Waals surface area contributed by atoms with Crippen molar-refractivity contribution in [1.29, 1.82) is 0 Å². The van der Waals surface area contributed by atoms with E-state index >= 15 is 0 Å². The summed E-state index contributed by atoms with van der Waals surface area (Å²) in [5, 5.41) is 18.1. The Bertz CT molecular complexity index is 1320. The van der Waals surface area contributed by atoms with Crippen LogP contribution in [0.15, 0.2) is 54.6 Å². The van der Waals surface area contributed by atoms with Gasteiger partial charge in [-0.25, -0.2) is 4.68 Å². The first-order valence-corrected chi connectivity index (χ1v) is 12.4. The number of anilines is 1. The molecule has 7 heteroatoms. The van der Waals surface area contributed by atoms with Crippen molar-refractivity contribution < 1.29 is 4.79 Å². The number of rotatable bonds is 6. The molecule has 2 aromatic carbocycles. The van der Waals surface area contributed by atoms with Gasteiger partial charge < -0.3 is 10.2 Å². The molecule has 2 aromatic heterocycles. The third-order valence-electron chi connectivity index (χ3n) is 7.05. The standard InChI is InChI=1S/C28H32N6O/c1-4-21-10-12-22(13-11-21)18-29-28(35)23-14-16-33(17-15-23)27-26-25(19(2)30-31-27)20(3)34(32-26)24-8-6-5-7-9-24/h5-13,23H,4,14-18H2,1-3H3,(H,29,35). The van der Waals surface area contributed by atoms with Crippen LogP contribution in [0.4, 0.5) is 5.82 Å². The quantitative estimate of drug-likeness (QED) is 0.450. The number of carbonyl (C=O) groups is 1. The number of aryl methyl sites for hydroxylation is 3. The smallest absolute Gasteiger partial charge is 0.223 e. The molecular formula is C28H32N6O. The van der Waals surface area contributed by atoms with Crippen LogP contribution in [-0.4, -0.2) is 39.0 Å². The van der Waals surface area contributed by atoms with E-state index in [0.29, 0.717) is 6.54 Å². The zero-order chi connectivity index (χ0) is 24.4. The van der Waals surface area contributed by atoms with Crippen LogP contribution in [0.5, 0.6) is 0 Å². The molecule has 0 aliphatic carbocycles. The summed E-state index contributed by atoms with van der Waals surface area (Å²) in [7, 11) is 0. The monoisotopic (exact) mass is 468 g/mol. The Hall–Kier alpha value is -3.74. The molecule has 0 saturated carbocycles. The summed E-state index contributed by atoms with van der Waals surface area (Å²) < 4.78 is 1.97. The van der Waals surface area contributed by atoms with Gasteiger partial charge in [0.05, 0.1) is 22.5 Å². The van der Waals surface area contributed by atoms with Crippen molar-refractivity contribution in [3.63, 3.8) is 0 Å². The van der Waals surface area contributed by atoms with E-state index in [1.807, 2.05) is 29.8 Å². The first-order valence-electron chi connectivity index (χ1n) is 12.4. The van der Waals surface area contributed by atoms with Crippen LogP contribution in [-0.2, 0) is 17.8 Å². The Morgan fingerprint density at radius 2 is 1.66 bits per heavy atom. The van der Waals surface area contributed by atoms with E-state index in [0.717, 1.165) is 71.7 Å². The number of aromatic nitrogens is 4. The van der Waals surface area contributed by atoms with Gasteiger partial charge in [0.25, 0.3) is 0 Å². The maximum Gasteiger partial charge on any atom is 0.223 e. The van der Waals surface area contributed by atoms with Gasteiger partial charge in [-0.05, 0) is 56.4 Å². The number of hydrogen-bond donors (Lipinski definition) is 1. The molecule has 1 aliphatic rings. The Morgan fingerprint density at radius 3 is 2.34 bits per heavy atom. The molecular weight excluding hydrogens is 436 g/mol. The first kappa shape index (κ1) is 23.0. The molecule has 0 unspecified atom stereocenters. The topological polar surface area (TPSA) is 75.9 Å². The lowest BCUT2D eigenvalue weighted by atomic mass is 9.95. The van der Waals surface area contributed by atoms with Crippen molar-refractivity contribution in [3.05, 3.63) is 77.1 Å². The zero-order valence-corrected chi connectivity index (χ0v) is 20.7. The predicted molar refractivity (Wildman–Crippen MR) is 139 cm³/mol. The molecule has 4 aromatic rings. The summed E-state index contributed by atoms with van der Waals surface area (Å²) in [4.78, 5) is 15.1. The van der Waals surface area contributed by atoms with Gasteiger partial charge in [-0.1, -0.05) is 49.4 Å². The summed E-state index contributed by atoms with van der Waals surface area (Å²) in [6.07, 6.45) is 2.60. The molecule has 180 valence electrons. The Labute approximate surface area is 206 Å². The highest BCUT2D eigenvalue weighted by molar-refractivity contribution is 5.92. The highest BCUT2D eigenvalue weighted by Crippen LogP contribution is 2.31. The second-order valence-electron chi connectivity index (χ2n) is 9.31. The molecule has 0 bridgehead atoms. The van der Waals surface area contributed by atoms with Crippen molar-refractivity contribution in [3.8, 4) is 5.69 Å². The fourth-order valence-electron chi connectivity index (χ4n) is 4.93. The number of carbonyl (C=O) groups excluding carboxylic acids is 1. The van der Waals surface area contributed by atoms with Crippen molar-refractivity contribution in [2.24, 2.45) is 5.92 Å². The number of amides is 1. The second kappa shape index (κ2) is 9.86. The molecule has 0 atom stereocenters. The average molecular weight is 469 g/mol. The Kier molecular flexibility index (Phi) is 6.49. The molecule has 1 N–H and O–H groups in total. The lowest BCUT2D eigenvalue weighted by Gasteiger charge is -2.32. The van der Waals surface area contributed by atoms with E-state index in [-0.39, 0.29) is 11.8 Å². The van der Waals surface area contributed by atoms with E-state index in [4.69, 9.17) is 5.10 Å². The van der Waals surface area contributed by atoms with Gasteiger partial charge in [-0.15, -0.1) is 5.10 Å². The van der Waals surface area contributed by atoms with E-state index in [1.165, 1.54) is 5.56 Å². The second-order valence-corrected chi connectivity index (χ2v) is 9.31. The molecule has 1 amide bonds. The summed E-state index contributed by atoms with van der Waals surface area (Å²) in [6.45, 7) is 8.29. The molecule has 5 rings (SSSR count). The van der Waals surface area contributed by atoms with Gasteiger partial charge in [0.15, 0.2) is 5.82 Å². The number of benzene rings is 2. The van der Waals surface area contributed by atoms with Crippen LogP contribution in [0.2, 0.25) is 0 Å². The Morgan fingerprint density at radius 1 is 0.971 bits per heavy atom. The lowest BCUT2D eigenvalue weighted by Crippen LogP contribution is -2.40. The fourth-order valence-corrected chi connectivity index (χ4v) is 4.93. The van der Waals surface area contributed by atoms with Crippen molar-refractivity contribution >= 4 is 22.6 Å². The van der Waals surface area contributed by atoms with E-state index in [1.54, 1.807) is 0 Å². The SMILES string of the molecule is CCc1ccc(CNC(=O)C2CCN(c3nnc(C)c4c(C)n(-c5ccccc5)nc34)CC2)cc1. The minimum Gasteiger partial charge on any atom is -0.353 e. The number of nitrogens with zero attached hydrogens (tertiary/aromatic N) is 5. The number of hydrogen-bond acceptors (Lipinski definition) is 5. The molecule has 1 saturated heterocycles.